The lowest BCUT2D eigenvalue weighted by Crippen LogP contribution is -2.32. The summed E-state index contributed by atoms with van der Waals surface area (Å²) in [7, 11) is 0. The van der Waals surface area contributed by atoms with Crippen LogP contribution in [0, 0.1) is 0 Å². The van der Waals surface area contributed by atoms with Crippen molar-refractivity contribution >= 4 is 51.7 Å². The fraction of sp³-hybridized carbons (Fsp3) is 0.0952. The molecule has 1 aromatic carbocycles. The van der Waals surface area contributed by atoms with E-state index in [0.717, 1.165) is 16.7 Å². The van der Waals surface area contributed by atoms with Gasteiger partial charge in [0.2, 0.25) is 5.91 Å². The van der Waals surface area contributed by atoms with Gasteiger partial charge in [-0.05, 0) is 30.0 Å². The number of para-hydroxylation sites is 1. The van der Waals surface area contributed by atoms with Crippen LogP contribution in [-0.2, 0) is 14.4 Å². The Labute approximate surface area is 171 Å². The molecular weight excluding hydrogens is 388 g/mol. The highest BCUT2D eigenvalue weighted by Crippen LogP contribution is 2.44. The van der Waals surface area contributed by atoms with E-state index in [1.807, 2.05) is 0 Å². The second kappa shape index (κ2) is 7.48. The van der Waals surface area contributed by atoms with Crippen molar-refractivity contribution in [3.8, 4) is 0 Å². The zero-order valence-electron chi connectivity index (χ0n) is 15.5. The van der Waals surface area contributed by atoms with Gasteiger partial charge in [-0.1, -0.05) is 30.3 Å². The number of amidine groups is 1. The molecule has 1 fully saturated rings. The monoisotopic (exact) mass is 404 g/mol. The highest BCUT2D eigenvalue weighted by Gasteiger charge is 2.43. The summed E-state index contributed by atoms with van der Waals surface area (Å²) in [6.07, 6.45) is 3.20. The number of anilines is 1. The van der Waals surface area contributed by atoms with Gasteiger partial charge in [0.1, 0.15) is 0 Å². The zero-order chi connectivity index (χ0) is 20.5. The minimum Gasteiger partial charge on any atom is -0.282 e. The Morgan fingerprint density at radius 1 is 1.17 bits per heavy atom. The van der Waals surface area contributed by atoms with Gasteiger partial charge in [0.15, 0.2) is 11.0 Å². The van der Waals surface area contributed by atoms with Crippen LogP contribution in [0.15, 0.2) is 71.2 Å². The normalized spacial score (nSPS) is 19.8. The number of amides is 3. The molecule has 2 aromatic rings. The molecule has 7 nitrogen and oxygen atoms in total. The van der Waals surface area contributed by atoms with Gasteiger partial charge < -0.3 is 0 Å². The molecule has 2 aliphatic heterocycles. The summed E-state index contributed by atoms with van der Waals surface area (Å²) in [4.78, 5) is 49.7. The lowest BCUT2D eigenvalue weighted by molar-refractivity contribution is -0.124. The average Bonchev–Trinajstić information content (AvgIpc) is 3.17. The Hall–Kier alpha value is -3.52. The smallest absolute Gasteiger partial charge is 0.267 e. The maximum Gasteiger partial charge on any atom is 0.267 e. The highest BCUT2D eigenvalue weighted by molar-refractivity contribution is 8.18. The molecular formula is C21H16N4O3S. The highest BCUT2D eigenvalue weighted by atomic mass is 32.2. The fourth-order valence-electron chi connectivity index (χ4n) is 3.20. The van der Waals surface area contributed by atoms with E-state index in [-0.39, 0.29) is 22.9 Å². The number of hydrogen-bond acceptors (Lipinski definition) is 6. The van der Waals surface area contributed by atoms with Gasteiger partial charge in [-0.3, -0.25) is 19.3 Å². The van der Waals surface area contributed by atoms with E-state index in [0.29, 0.717) is 22.2 Å². The number of aromatic nitrogens is 1. The number of imide groups is 1. The van der Waals surface area contributed by atoms with Crippen molar-refractivity contribution in [2.24, 2.45) is 4.99 Å². The third-order valence-corrected chi connectivity index (χ3v) is 5.49. The predicted octanol–water partition coefficient (Wildman–Crippen LogP) is 3.13. The molecule has 8 heteroatoms. The van der Waals surface area contributed by atoms with E-state index in [2.05, 4.69) is 16.6 Å². The summed E-state index contributed by atoms with van der Waals surface area (Å²) in [6, 6.07) is 12.2. The topological polar surface area (TPSA) is 82.9 Å². The molecule has 3 amide bonds. The van der Waals surface area contributed by atoms with Gasteiger partial charge in [-0.15, -0.1) is 6.58 Å². The lowest BCUT2D eigenvalue weighted by Gasteiger charge is -2.12. The minimum absolute atomic E-state index is 0.214. The molecule has 3 heterocycles. The Balaban J connectivity index is 1.86. The van der Waals surface area contributed by atoms with Gasteiger partial charge in [-0.2, -0.15) is 0 Å². The number of nitrogens with zero attached hydrogens (tertiary/aromatic N) is 4. The largest absolute Gasteiger partial charge is 0.282 e. The van der Waals surface area contributed by atoms with E-state index >= 15 is 0 Å². The third-order valence-electron chi connectivity index (χ3n) is 4.41. The number of benzene rings is 1. The first-order valence-electron chi connectivity index (χ1n) is 8.82. The van der Waals surface area contributed by atoms with Gasteiger partial charge in [0, 0.05) is 25.2 Å². The van der Waals surface area contributed by atoms with Gasteiger partial charge in [-0.25, -0.2) is 14.9 Å². The molecule has 0 bridgehead atoms. The number of aliphatic imine (C=N–C) groups is 1. The molecule has 0 saturated carbocycles. The van der Waals surface area contributed by atoms with Crippen LogP contribution in [0.3, 0.4) is 0 Å². The first-order valence-corrected chi connectivity index (χ1v) is 9.63. The van der Waals surface area contributed by atoms with Crippen LogP contribution in [0.2, 0.25) is 0 Å². The minimum atomic E-state index is -0.507. The molecule has 2 aliphatic rings. The van der Waals surface area contributed by atoms with Crippen LogP contribution >= 0.6 is 11.8 Å². The Bertz CT molecular complexity index is 1110. The lowest BCUT2D eigenvalue weighted by atomic mass is 10.1. The van der Waals surface area contributed by atoms with Gasteiger partial charge >= 0.3 is 0 Å². The van der Waals surface area contributed by atoms with Crippen molar-refractivity contribution in [3.63, 3.8) is 0 Å². The molecule has 0 radical (unpaired) electrons. The molecule has 29 heavy (non-hydrogen) atoms. The summed E-state index contributed by atoms with van der Waals surface area (Å²) >= 11 is 1.10. The molecule has 4 rings (SSSR count). The summed E-state index contributed by atoms with van der Waals surface area (Å²) in [5.41, 5.74) is 1.25. The van der Waals surface area contributed by atoms with Crippen molar-refractivity contribution < 1.29 is 14.4 Å². The number of carbonyl (C=O) groups excluding carboxylic acids is 3. The summed E-state index contributed by atoms with van der Waals surface area (Å²) < 4.78 is 0. The maximum atomic E-state index is 13.2. The van der Waals surface area contributed by atoms with Crippen LogP contribution < -0.4 is 4.90 Å². The SMILES string of the molecule is C=CCN1C(=O)/C(=C2/C(=O)N(C(C)=O)c3ccccc32)S/C1=N/c1ccccn1. The molecule has 0 atom stereocenters. The van der Waals surface area contributed by atoms with Crippen LogP contribution in [0.5, 0.6) is 0 Å². The van der Waals surface area contributed by atoms with Crippen molar-refractivity contribution in [3.05, 3.63) is 71.8 Å². The maximum absolute atomic E-state index is 13.2. The van der Waals surface area contributed by atoms with E-state index in [1.54, 1.807) is 54.7 Å². The number of fused-ring (bicyclic) bond motifs is 1. The number of carbonyl (C=O) groups is 3. The Morgan fingerprint density at radius 3 is 2.62 bits per heavy atom. The second-order valence-electron chi connectivity index (χ2n) is 6.27. The van der Waals surface area contributed by atoms with Crippen molar-refractivity contribution in [1.29, 1.82) is 0 Å². The second-order valence-corrected chi connectivity index (χ2v) is 7.25. The number of pyridine rings is 1. The number of hydrogen-bond donors (Lipinski definition) is 0. The quantitative estimate of drug-likeness (QED) is 0.580. The zero-order valence-corrected chi connectivity index (χ0v) is 16.3. The first kappa shape index (κ1) is 18.8. The van der Waals surface area contributed by atoms with Crippen LogP contribution in [0.25, 0.3) is 5.57 Å². The van der Waals surface area contributed by atoms with Gasteiger partial charge in [0.25, 0.3) is 11.8 Å². The molecule has 1 aromatic heterocycles. The van der Waals surface area contributed by atoms with Crippen LogP contribution in [0.1, 0.15) is 12.5 Å². The summed E-state index contributed by atoms with van der Waals surface area (Å²) in [6.45, 7) is 5.26. The fourth-order valence-corrected chi connectivity index (χ4v) is 4.28. The number of rotatable bonds is 3. The first-order chi connectivity index (χ1) is 14.0. The van der Waals surface area contributed by atoms with Crippen molar-refractivity contribution in [2.75, 3.05) is 11.4 Å². The average molecular weight is 404 g/mol. The number of thioether (sulfide) groups is 1. The van der Waals surface area contributed by atoms with E-state index in [9.17, 15) is 14.4 Å². The molecule has 0 N–H and O–H groups in total. The molecule has 144 valence electrons. The van der Waals surface area contributed by atoms with Crippen molar-refractivity contribution in [1.82, 2.24) is 9.88 Å². The third kappa shape index (κ3) is 3.17. The summed E-state index contributed by atoms with van der Waals surface area (Å²) in [5, 5.41) is 0.405. The van der Waals surface area contributed by atoms with E-state index < -0.39 is 11.8 Å². The van der Waals surface area contributed by atoms with Crippen LogP contribution in [-0.4, -0.2) is 39.3 Å². The Morgan fingerprint density at radius 2 is 1.93 bits per heavy atom. The molecule has 0 unspecified atom stereocenters. The van der Waals surface area contributed by atoms with E-state index in [1.165, 1.54) is 11.8 Å². The molecule has 0 spiro atoms. The summed E-state index contributed by atoms with van der Waals surface area (Å²) in [5.74, 6) is -0.814. The van der Waals surface area contributed by atoms with E-state index in [4.69, 9.17) is 0 Å². The Kier molecular flexibility index (Phi) is 4.85. The molecule has 1 saturated heterocycles. The predicted molar refractivity (Wildman–Crippen MR) is 112 cm³/mol. The molecule has 0 aliphatic carbocycles. The van der Waals surface area contributed by atoms with Crippen molar-refractivity contribution in [2.45, 2.75) is 6.92 Å². The van der Waals surface area contributed by atoms with Crippen LogP contribution in [0.4, 0.5) is 11.5 Å². The standard InChI is InChI=1S/C21H16N4O3S/c1-3-12-24-20(28)18(29-21(24)23-16-10-6-7-11-22-16)17-14-8-4-5-9-15(14)25(13(2)26)19(17)27/h3-11H,1,12H2,2H3/b18-17-,23-21+. The van der Waals surface area contributed by atoms with Gasteiger partial charge in [0.05, 0.1) is 16.2 Å².